The highest BCUT2D eigenvalue weighted by Gasteiger charge is 2.20. The highest BCUT2D eigenvalue weighted by atomic mass is 32.2. The van der Waals surface area contributed by atoms with Crippen molar-refractivity contribution in [2.45, 2.75) is 11.8 Å². The van der Waals surface area contributed by atoms with Gasteiger partial charge in [-0.2, -0.15) is 5.10 Å². The zero-order valence-corrected chi connectivity index (χ0v) is 12.9. The van der Waals surface area contributed by atoms with Gasteiger partial charge in [0.25, 0.3) is 5.24 Å². The van der Waals surface area contributed by atoms with Crippen LogP contribution in [0.2, 0.25) is 0 Å². The minimum absolute atomic E-state index is 0.437. The molecule has 2 aromatic carbocycles. The first-order valence-electron chi connectivity index (χ1n) is 6.84. The van der Waals surface area contributed by atoms with Crippen molar-refractivity contribution in [1.29, 1.82) is 0 Å². The van der Waals surface area contributed by atoms with Crippen molar-refractivity contribution in [2.75, 3.05) is 0 Å². The summed E-state index contributed by atoms with van der Waals surface area (Å²) in [5.41, 5.74) is 8.98. The molecule has 110 valence electrons. The van der Waals surface area contributed by atoms with Crippen molar-refractivity contribution >= 4 is 17.0 Å². The molecule has 0 aliphatic carbocycles. The molecule has 0 saturated carbocycles. The molecule has 0 aliphatic rings. The van der Waals surface area contributed by atoms with Crippen molar-refractivity contribution in [1.82, 2.24) is 9.78 Å². The van der Waals surface area contributed by atoms with Crippen molar-refractivity contribution in [2.24, 2.45) is 5.73 Å². The first-order chi connectivity index (χ1) is 10.7. The predicted molar refractivity (Wildman–Crippen MR) is 89.2 cm³/mol. The second-order valence-electron chi connectivity index (χ2n) is 4.80. The summed E-state index contributed by atoms with van der Waals surface area (Å²) in [5, 5.41) is 4.16. The number of aryl methyl sites for hydroxylation is 1. The van der Waals surface area contributed by atoms with Crippen LogP contribution < -0.4 is 5.73 Å². The number of thioether (sulfide) groups is 1. The Morgan fingerprint density at radius 2 is 1.64 bits per heavy atom. The molecule has 22 heavy (non-hydrogen) atoms. The minimum atomic E-state index is -0.437. The quantitative estimate of drug-likeness (QED) is 0.743. The van der Waals surface area contributed by atoms with Crippen LogP contribution in [0.4, 0.5) is 4.79 Å². The highest BCUT2D eigenvalue weighted by Crippen LogP contribution is 2.35. The summed E-state index contributed by atoms with van der Waals surface area (Å²) in [6.07, 6.45) is 0. The molecular weight excluding hydrogens is 294 g/mol. The van der Waals surface area contributed by atoms with Crippen molar-refractivity contribution in [3.63, 3.8) is 0 Å². The van der Waals surface area contributed by atoms with Gasteiger partial charge in [-0.15, -0.1) is 0 Å². The summed E-state index contributed by atoms with van der Waals surface area (Å²) in [6, 6.07) is 19.7. The van der Waals surface area contributed by atoms with E-state index in [1.165, 1.54) is 0 Å². The fraction of sp³-hybridized carbons (Fsp3) is 0.0588. The van der Waals surface area contributed by atoms with Crippen molar-refractivity contribution < 1.29 is 4.79 Å². The molecule has 1 aromatic heterocycles. The van der Waals surface area contributed by atoms with E-state index in [0.29, 0.717) is 0 Å². The summed E-state index contributed by atoms with van der Waals surface area (Å²) in [7, 11) is 0. The fourth-order valence-corrected chi connectivity index (χ4v) is 3.03. The molecule has 4 nitrogen and oxygen atoms in total. The van der Waals surface area contributed by atoms with E-state index in [4.69, 9.17) is 5.73 Å². The van der Waals surface area contributed by atoms with Gasteiger partial charge in [-0.3, -0.25) is 4.79 Å². The van der Waals surface area contributed by atoms with Gasteiger partial charge in [0.1, 0.15) is 0 Å². The van der Waals surface area contributed by atoms with Crippen LogP contribution in [0.15, 0.2) is 65.6 Å². The van der Waals surface area contributed by atoms with E-state index < -0.39 is 5.24 Å². The van der Waals surface area contributed by atoms with Crippen LogP contribution in [-0.2, 0) is 0 Å². The molecule has 5 heteroatoms. The third kappa shape index (κ3) is 2.76. The molecule has 3 rings (SSSR count). The molecule has 3 aromatic rings. The monoisotopic (exact) mass is 309 g/mol. The summed E-state index contributed by atoms with van der Waals surface area (Å²) < 4.78 is 1.86. The number of primary amides is 1. The van der Waals surface area contributed by atoms with Gasteiger partial charge in [0.15, 0.2) is 0 Å². The molecule has 0 unspecified atom stereocenters. The molecule has 0 radical (unpaired) electrons. The van der Waals surface area contributed by atoms with Gasteiger partial charge in [0, 0.05) is 5.56 Å². The zero-order valence-electron chi connectivity index (χ0n) is 12.1. The summed E-state index contributed by atoms with van der Waals surface area (Å²) in [5.74, 6) is 0. The largest absolute Gasteiger partial charge is 0.360 e. The van der Waals surface area contributed by atoms with Crippen LogP contribution in [0.3, 0.4) is 0 Å². The third-order valence-corrected chi connectivity index (χ3v) is 4.15. The summed E-state index contributed by atoms with van der Waals surface area (Å²) >= 11 is 1.02. The van der Waals surface area contributed by atoms with E-state index in [1.807, 2.05) is 72.3 Å². The number of nitrogens with zero attached hydrogens (tertiary/aromatic N) is 2. The second-order valence-corrected chi connectivity index (χ2v) is 5.81. The van der Waals surface area contributed by atoms with Gasteiger partial charge in [-0.05, 0) is 30.8 Å². The normalized spacial score (nSPS) is 10.6. The van der Waals surface area contributed by atoms with E-state index in [2.05, 4.69) is 5.10 Å². The Morgan fingerprint density at radius 1 is 1.05 bits per heavy atom. The Kier molecular flexibility index (Phi) is 3.98. The molecule has 0 atom stereocenters. The standard InChI is InChI=1S/C17H15N3OS/c1-12-16(22-17(18)21)15(13-8-4-2-5-9-13)20(19-12)14-10-6-3-7-11-14/h2-11H,1H3,(H2,18,21). The van der Waals surface area contributed by atoms with Gasteiger partial charge < -0.3 is 5.73 Å². The van der Waals surface area contributed by atoms with E-state index in [0.717, 1.165) is 39.3 Å². The number of carbonyl (C=O) groups is 1. The Morgan fingerprint density at radius 3 is 2.23 bits per heavy atom. The Bertz CT molecular complexity index is 798. The van der Waals surface area contributed by atoms with E-state index in [1.54, 1.807) is 0 Å². The van der Waals surface area contributed by atoms with Crippen LogP contribution >= 0.6 is 11.8 Å². The maximum Gasteiger partial charge on any atom is 0.281 e. The lowest BCUT2D eigenvalue weighted by atomic mass is 10.1. The fourth-order valence-electron chi connectivity index (χ4n) is 2.34. The molecule has 0 aliphatic heterocycles. The van der Waals surface area contributed by atoms with Crippen molar-refractivity contribution in [3.8, 4) is 16.9 Å². The van der Waals surface area contributed by atoms with Crippen LogP contribution in [0.1, 0.15) is 5.69 Å². The van der Waals surface area contributed by atoms with Gasteiger partial charge in [0.05, 0.1) is 22.0 Å². The zero-order chi connectivity index (χ0) is 15.5. The predicted octanol–water partition coefficient (Wildman–Crippen LogP) is 4.02. The van der Waals surface area contributed by atoms with Crippen LogP contribution in [-0.4, -0.2) is 15.0 Å². The van der Waals surface area contributed by atoms with Gasteiger partial charge in [-0.1, -0.05) is 48.5 Å². The molecule has 0 spiro atoms. The van der Waals surface area contributed by atoms with E-state index in [9.17, 15) is 4.79 Å². The lowest BCUT2D eigenvalue weighted by Crippen LogP contribution is -2.03. The Labute approximate surface area is 133 Å². The van der Waals surface area contributed by atoms with Crippen molar-refractivity contribution in [3.05, 3.63) is 66.4 Å². The molecule has 0 saturated heterocycles. The average Bonchev–Trinajstić information content (AvgIpc) is 2.85. The molecule has 1 heterocycles. The van der Waals surface area contributed by atoms with Gasteiger partial charge in [0.2, 0.25) is 0 Å². The molecule has 2 N–H and O–H groups in total. The SMILES string of the molecule is Cc1nn(-c2ccccc2)c(-c2ccccc2)c1SC(N)=O. The molecule has 0 fully saturated rings. The first-order valence-corrected chi connectivity index (χ1v) is 7.66. The second kappa shape index (κ2) is 6.07. The maximum absolute atomic E-state index is 11.4. The number of aromatic nitrogens is 2. The number of hydrogen-bond acceptors (Lipinski definition) is 3. The summed E-state index contributed by atoms with van der Waals surface area (Å²) in [4.78, 5) is 12.2. The topological polar surface area (TPSA) is 60.9 Å². The lowest BCUT2D eigenvalue weighted by molar-refractivity contribution is 0.267. The third-order valence-electron chi connectivity index (χ3n) is 3.26. The number of amides is 1. The average molecular weight is 309 g/mol. The maximum atomic E-state index is 11.4. The van der Waals surface area contributed by atoms with Crippen LogP contribution in [0.25, 0.3) is 16.9 Å². The lowest BCUT2D eigenvalue weighted by Gasteiger charge is -2.09. The number of nitrogens with two attached hydrogens (primary N) is 1. The number of benzene rings is 2. The summed E-state index contributed by atoms with van der Waals surface area (Å²) in [6.45, 7) is 1.89. The molecule has 0 bridgehead atoms. The number of carbonyl (C=O) groups excluding carboxylic acids is 1. The van der Waals surface area contributed by atoms with Gasteiger partial charge in [-0.25, -0.2) is 4.68 Å². The Balaban J connectivity index is 2.25. The number of para-hydroxylation sites is 1. The smallest absolute Gasteiger partial charge is 0.281 e. The van der Waals surface area contributed by atoms with E-state index in [-0.39, 0.29) is 0 Å². The molecular formula is C17H15N3OS. The van der Waals surface area contributed by atoms with Gasteiger partial charge >= 0.3 is 0 Å². The highest BCUT2D eigenvalue weighted by molar-refractivity contribution is 8.13. The number of hydrogen-bond donors (Lipinski definition) is 1. The number of rotatable bonds is 3. The Hall–Kier alpha value is -2.53. The molecule has 1 amide bonds. The first kappa shape index (κ1) is 14.4. The van der Waals surface area contributed by atoms with Crippen LogP contribution in [0, 0.1) is 6.92 Å². The van der Waals surface area contributed by atoms with Crippen LogP contribution in [0.5, 0.6) is 0 Å². The minimum Gasteiger partial charge on any atom is -0.360 e. The van der Waals surface area contributed by atoms with E-state index >= 15 is 0 Å².